The number of carboxylic acid groups (broad SMARTS) is 1. The Morgan fingerprint density at radius 1 is 1.29 bits per heavy atom. The van der Waals surface area contributed by atoms with Gasteiger partial charge in [0.15, 0.2) is 0 Å². The molecule has 0 aliphatic carbocycles. The van der Waals surface area contributed by atoms with E-state index in [2.05, 4.69) is 9.71 Å². The van der Waals surface area contributed by atoms with E-state index in [1.807, 2.05) is 0 Å². The predicted molar refractivity (Wildman–Crippen MR) is 77.9 cm³/mol. The van der Waals surface area contributed by atoms with Crippen LogP contribution in [0.15, 0.2) is 41.4 Å². The molecule has 4 N–H and O–H groups in total. The maximum atomic E-state index is 12.3. The van der Waals surface area contributed by atoms with Gasteiger partial charge in [0.2, 0.25) is 0 Å². The van der Waals surface area contributed by atoms with E-state index in [0.717, 1.165) is 12.1 Å². The Morgan fingerprint density at radius 2 is 2.00 bits per heavy atom. The van der Waals surface area contributed by atoms with Gasteiger partial charge in [-0.05, 0) is 24.3 Å². The zero-order valence-corrected chi connectivity index (χ0v) is 12.0. The molecule has 0 fully saturated rings. The van der Waals surface area contributed by atoms with Crippen molar-refractivity contribution in [2.75, 3.05) is 10.5 Å². The molecule has 0 saturated carbocycles. The number of hydrogen-bond donors (Lipinski definition) is 3. The normalized spacial score (nSPS) is 11.1. The van der Waals surface area contributed by atoms with Crippen LogP contribution in [0.2, 0.25) is 5.02 Å². The molecule has 0 bridgehead atoms. The molecule has 1 aromatic heterocycles. The third kappa shape index (κ3) is 3.41. The van der Waals surface area contributed by atoms with E-state index in [1.54, 1.807) is 0 Å². The number of aromatic carboxylic acids is 1. The number of rotatable bonds is 4. The summed E-state index contributed by atoms with van der Waals surface area (Å²) >= 11 is 5.74. The lowest BCUT2D eigenvalue weighted by molar-refractivity contribution is 0.0692. The third-order valence-electron chi connectivity index (χ3n) is 2.49. The Hall–Kier alpha value is -2.32. The molecule has 0 atom stereocenters. The van der Waals surface area contributed by atoms with Crippen LogP contribution >= 0.6 is 11.6 Å². The molecule has 0 radical (unpaired) electrons. The summed E-state index contributed by atoms with van der Waals surface area (Å²) < 4.78 is 26.7. The quantitative estimate of drug-likeness (QED) is 0.736. The molecule has 0 spiro atoms. The number of sulfonamides is 1. The van der Waals surface area contributed by atoms with Crippen molar-refractivity contribution in [1.82, 2.24) is 4.98 Å². The maximum Gasteiger partial charge on any atom is 0.337 e. The van der Waals surface area contributed by atoms with Crippen LogP contribution < -0.4 is 10.5 Å². The number of nitrogens with zero attached hydrogens (tertiary/aromatic N) is 1. The van der Waals surface area contributed by atoms with E-state index in [0.29, 0.717) is 0 Å². The maximum absolute atomic E-state index is 12.3. The highest BCUT2D eigenvalue weighted by atomic mass is 35.5. The van der Waals surface area contributed by atoms with Crippen molar-refractivity contribution >= 4 is 39.1 Å². The molecule has 0 saturated heterocycles. The monoisotopic (exact) mass is 327 g/mol. The predicted octanol–water partition coefficient (Wildman–Crippen LogP) is 1.82. The van der Waals surface area contributed by atoms with Crippen LogP contribution in [-0.2, 0) is 10.0 Å². The van der Waals surface area contributed by atoms with Crippen LogP contribution in [0.3, 0.4) is 0 Å². The van der Waals surface area contributed by atoms with E-state index in [-0.39, 0.29) is 16.5 Å². The molecule has 0 aliphatic rings. The summed E-state index contributed by atoms with van der Waals surface area (Å²) in [7, 11) is -4.16. The highest BCUT2D eigenvalue weighted by Crippen LogP contribution is 2.22. The second kappa shape index (κ2) is 5.58. The molecule has 2 rings (SSSR count). The molecule has 1 aromatic carbocycles. The summed E-state index contributed by atoms with van der Waals surface area (Å²) in [6, 6.07) is 6.27. The molecular weight excluding hydrogens is 318 g/mol. The average molecular weight is 328 g/mol. The van der Waals surface area contributed by atoms with Gasteiger partial charge in [0.25, 0.3) is 10.0 Å². The van der Waals surface area contributed by atoms with Crippen molar-refractivity contribution in [3.8, 4) is 0 Å². The lowest BCUT2D eigenvalue weighted by Crippen LogP contribution is -2.18. The summed E-state index contributed by atoms with van der Waals surface area (Å²) in [5.41, 5.74) is 5.25. The summed E-state index contributed by atoms with van der Waals surface area (Å²) in [4.78, 5) is 14.5. The van der Waals surface area contributed by atoms with Gasteiger partial charge in [-0.3, -0.25) is 4.72 Å². The Labute approximate surface area is 125 Å². The number of carboxylic acids is 1. The first-order chi connectivity index (χ1) is 9.79. The molecule has 21 heavy (non-hydrogen) atoms. The molecule has 0 aliphatic heterocycles. The fourth-order valence-corrected chi connectivity index (χ4v) is 2.98. The number of hydrogen-bond acceptors (Lipinski definition) is 5. The van der Waals surface area contributed by atoms with Crippen LogP contribution in [0.5, 0.6) is 0 Å². The molecule has 2 aromatic rings. The number of aromatic nitrogens is 1. The van der Waals surface area contributed by atoms with Crippen LogP contribution in [0.25, 0.3) is 0 Å². The van der Waals surface area contributed by atoms with Gasteiger partial charge in [0, 0.05) is 23.0 Å². The Morgan fingerprint density at radius 3 is 2.62 bits per heavy atom. The fourth-order valence-electron chi connectivity index (χ4n) is 1.59. The van der Waals surface area contributed by atoms with Crippen molar-refractivity contribution in [2.45, 2.75) is 4.90 Å². The van der Waals surface area contributed by atoms with Crippen LogP contribution in [0.1, 0.15) is 10.4 Å². The van der Waals surface area contributed by atoms with Crippen molar-refractivity contribution in [3.05, 3.63) is 47.1 Å². The van der Waals surface area contributed by atoms with E-state index < -0.39 is 26.5 Å². The molecule has 0 amide bonds. The van der Waals surface area contributed by atoms with Gasteiger partial charge < -0.3 is 10.8 Å². The minimum Gasteiger partial charge on any atom is -0.478 e. The summed E-state index contributed by atoms with van der Waals surface area (Å²) in [5.74, 6) is -1.41. The number of anilines is 2. The number of nitrogen functional groups attached to an aromatic ring is 1. The lowest BCUT2D eigenvalue weighted by atomic mass is 10.2. The summed E-state index contributed by atoms with van der Waals surface area (Å²) in [5, 5.41) is 9.35. The first-order valence-electron chi connectivity index (χ1n) is 5.57. The Bertz CT molecular complexity index is 808. The lowest BCUT2D eigenvalue weighted by Gasteiger charge is -2.10. The smallest absolute Gasteiger partial charge is 0.337 e. The largest absolute Gasteiger partial charge is 0.478 e. The number of benzene rings is 1. The number of carbonyl (C=O) groups is 1. The number of nitrogens with two attached hydrogens (primary N) is 1. The van der Waals surface area contributed by atoms with Crippen LogP contribution in [0.4, 0.5) is 11.5 Å². The minimum absolute atomic E-state index is 0.0266. The third-order valence-corrected chi connectivity index (χ3v) is 4.12. The van der Waals surface area contributed by atoms with Crippen molar-refractivity contribution in [1.29, 1.82) is 0 Å². The first kappa shape index (κ1) is 15.1. The van der Waals surface area contributed by atoms with Crippen molar-refractivity contribution in [3.63, 3.8) is 0 Å². The van der Waals surface area contributed by atoms with Crippen LogP contribution in [0, 0.1) is 0 Å². The molecular formula is C12H10ClN3O4S. The van der Waals surface area contributed by atoms with Crippen LogP contribution in [-0.4, -0.2) is 24.5 Å². The second-order valence-corrected chi connectivity index (χ2v) is 6.11. The Balaban J connectivity index is 2.49. The average Bonchev–Trinajstić information content (AvgIpc) is 2.37. The summed E-state index contributed by atoms with van der Waals surface area (Å²) in [6.07, 6.45) is 1.32. The van der Waals surface area contributed by atoms with E-state index in [1.165, 1.54) is 24.4 Å². The number of nitrogens with one attached hydrogen (secondary N) is 1. The van der Waals surface area contributed by atoms with Crippen molar-refractivity contribution in [2.24, 2.45) is 0 Å². The standard InChI is InChI=1S/C12H10ClN3O4S/c13-7-3-4-15-11(5-7)16-21(19,20)10-6-8(14)1-2-9(10)12(17)18/h1-6H,14H2,(H,15,16)(H,17,18). The zero-order chi connectivity index (χ0) is 15.6. The molecule has 0 unspecified atom stereocenters. The van der Waals surface area contributed by atoms with E-state index in [4.69, 9.17) is 22.4 Å². The minimum atomic E-state index is -4.16. The van der Waals surface area contributed by atoms with Gasteiger partial charge in [-0.1, -0.05) is 11.6 Å². The van der Waals surface area contributed by atoms with E-state index >= 15 is 0 Å². The van der Waals surface area contributed by atoms with Gasteiger partial charge in [-0.15, -0.1) is 0 Å². The van der Waals surface area contributed by atoms with Gasteiger partial charge in [0.1, 0.15) is 10.7 Å². The van der Waals surface area contributed by atoms with Gasteiger partial charge >= 0.3 is 5.97 Å². The van der Waals surface area contributed by atoms with Gasteiger partial charge in [-0.2, -0.15) is 0 Å². The summed E-state index contributed by atoms with van der Waals surface area (Å²) in [6.45, 7) is 0. The van der Waals surface area contributed by atoms with E-state index in [9.17, 15) is 13.2 Å². The van der Waals surface area contributed by atoms with Crippen molar-refractivity contribution < 1.29 is 18.3 Å². The second-order valence-electron chi connectivity index (χ2n) is 4.03. The SMILES string of the molecule is Nc1ccc(C(=O)O)c(S(=O)(=O)Nc2cc(Cl)ccn2)c1. The zero-order valence-electron chi connectivity index (χ0n) is 10.4. The number of pyridine rings is 1. The topological polar surface area (TPSA) is 122 Å². The first-order valence-corrected chi connectivity index (χ1v) is 7.43. The van der Waals surface area contributed by atoms with Gasteiger partial charge in [-0.25, -0.2) is 18.2 Å². The van der Waals surface area contributed by atoms with Gasteiger partial charge in [0.05, 0.1) is 5.56 Å². The molecule has 9 heteroatoms. The highest BCUT2D eigenvalue weighted by Gasteiger charge is 2.23. The molecule has 1 heterocycles. The molecule has 110 valence electrons. The number of halogens is 1. The highest BCUT2D eigenvalue weighted by molar-refractivity contribution is 7.92. The Kier molecular flexibility index (Phi) is 4.01. The molecule has 7 nitrogen and oxygen atoms in total. The fraction of sp³-hybridized carbons (Fsp3) is 0.